The molecule has 9 nitrogen and oxygen atoms in total. The maximum absolute atomic E-state index is 13.5. The van der Waals surface area contributed by atoms with E-state index in [9.17, 15) is 24.8 Å². The third-order valence-electron chi connectivity index (χ3n) is 5.68. The summed E-state index contributed by atoms with van der Waals surface area (Å²) in [6.07, 6.45) is 0.607. The molecule has 1 atom stereocenters. The van der Waals surface area contributed by atoms with E-state index < -0.39 is 28.4 Å². The van der Waals surface area contributed by atoms with Crippen LogP contribution in [0.1, 0.15) is 29.2 Å². The van der Waals surface area contributed by atoms with Gasteiger partial charge in [-0.05, 0) is 35.7 Å². The fourth-order valence-corrected chi connectivity index (χ4v) is 4.02. The molecule has 0 aliphatic carbocycles. The molecule has 0 bridgehead atoms. The van der Waals surface area contributed by atoms with Gasteiger partial charge in [0.15, 0.2) is 0 Å². The molecule has 0 spiro atoms. The number of benzene rings is 2. The predicted molar refractivity (Wildman–Crippen MR) is 120 cm³/mol. The van der Waals surface area contributed by atoms with E-state index in [2.05, 4.69) is 0 Å². The lowest BCUT2D eigenvalue weighted by molar-refractivity contribution is -0.858. The maximum atomic E-state index is 13.5. The van der Waals surface area contributed by atoms with Crippen LogP contribution in [0.2, 0.25) is 0 Å². The molecule has 1 fully saturated rings. The summed E-state index contributed by atoms with van der Waals surface area (Å²) < 4.78 is 5.19. The molecule has 9 heteroatoms. The first kappa shape index (κ1) is 23.9. The standard InChI is InChI=1S/C24H27N3O6/c1-15-13-18(33-4)9-10-19(15)22(28)20-21(16-7-5-8-17(14-16)27(31)32)26(24(30)23(20)29)12-6-11-25(2)3/h5,7-10,13-14,21,28H,6,11-12H2,1-4H3. The number of rotatable bonds is 8. The molecule has 1 saturated heterocycles. The number of nitro groups is 1. The highest BCUT2D eigenvalue weighted by atomic mass is 16.6. The van der Waals surface area contributed by atoms with Crippen molar-refractivity contribution in [2.45, 2.75) is 19.4 Å². The summed E-state index contributed by atoms with van der Waals surface area (Å²) in [6, 6.07) is 9.59. The molecule has 174 valence electrons. The highest BCUT2D eigenvalue weighted by Gasteiger charge is 2.44. The minimum absolute atomic E-state index is 0.176. The van der Waals surface area contributed by atoms with Crippen LogP contribution in [0.15, 0.2) is 48.0 Å². The molecule has 2 aromatic carbocycles. The monoisotopic (exact) mass is 453 g/mol. The van der Waals surface area contributed by atoms with Gasteiger partial charge in [0.1, 0.15) is 5.75 Å². The van der Waals surface area contributed by atoms with Crippen LogP contribution in [0.5, 0.6) is 5.75 Å². The number of methoxy groups -OCH3 is 1. The fraction of sp³-hybridized carbons (Fsp3) is 0.333. The number of nitrogens with zero attached hydrogens (tertiary/aromatic N) is 2. The highest BCUT2D eigenvalue weighted by molar-refractivity contribution is 6.46. The van der Waals surface area contributed by atoms with Crippen LogP contribution in [0.25, 0.3) is 5.76 Å². The van der Waals surface area contributed by atoms with E-state index in [4.69, 9.17) is 4.74 Å². The van der Waals surface area contributed by atoms with Gasteiger partial charge in [-0.3, -0.25) is 19.7 Å². The molecule has 1 aliphatic heterocycles. The van der Waals surface area contributed by atoms with Crippen LogP contribution in [0, 0.1) is 17.0 Å². The molecule has 33 heavy (non-hydrogen) atoms. The topological polar surface area (TPSA) is 117 Å². The lowest BCUT2D eigenvalue weighted by Gasteiger charge is -2.28. The Balaban J connectivity index is 2.16. The van der Waals surface area contributed by atoms with Gasteiger partial charge in [0, 0.05) is 30.7 Å². The van der Waals surface area contributed by atoms with Crippen LogP contribution < -0.4 is 14.7 Å². The zero-order chi connectivity index (χ0) is 24.3. The zero-order valence-electron chi connectivity index (χ0n) is 19.1. The van der Waals surface area contributed by atoms with Crippen LogP contribution >= 0.6 is 0 Å². The smallest absolute Gasteiger partial charge is 0.295 e. The van der Waals surface area contributed by atoms with Crippen LogP contribution in [-0.4, -0.2) is 55.8 Å². The molecule has 1 N–H and O–H groups in total. The predicted octanol–water partition coefficient (Wildman–Crippen LogP) is 0.670. The van der Waals surface area contributed by atoms with E-state index in [0.29, 0.717) is 23.3 Å². The Hall–Kier alpha value is -3.72. The van der Waals surface area contributed by atoms with Crippen LogP contribution in [0.4, 0.5) is 5.69 Å². The number of quaternary nitrogens is 1. The second-order valence-corrected chi connectivity index (χ2v) is 8.32. The summed E-state index contributed by atoms with van der Waals surface area (Å²) >= 11 is 0. The summed E-state index contributed by atoms with van der Waals surface area (Å²) in [7, 11) is 5.46. The number of amides is 1. The molecule has 2 aromatic rings. The molecule has 0 aromatic heterocycles. The Morgan fingerprint density at radius 1 is 1.18 bits per heavy atom. The van der Waals surface area contributed by atoms with Gasteiger partial charge in [0.05, 0.1) is 38.7 Å². The average molecular weight is 453 g/mol. The molecular weight excluding hydrogens is 426 g/mol. The van der Waals surface area contributed by atoms with Gasteiger partial charge >= 0.3 is 0 Å². The quantitative estimate of drug-likeness (QED) is 0.206. The maximum Gasteiger partial charge on any atom is 0.295 e. The largest absolute Gasteiger partial charge is 0.872 e. The molecule has 3 rings (SSSR count). The highest BCUT2D eigenvalue weighted by Crippen LogP contribution is 2.40. The van der Waals surface area contributed by atoms with Crippen molar-refractivity contribution in [3.63, 3.8) is 0 Å². The van der Waals surface area contributed by atoms with Crippen molar-refractivity contribution < 1.29 is 29.3 Å². The Kier molecular flexibility index (Phi) is 7.13. The minimum Gasteiger partial charge on any atom is -0.872 e. The summed E-state index contributed by atoms with van der Waals surface area (Å²) in [5, 5.41) is 24.9. The van der Waals surface area contributed by atoms with Crippen molar-refractivity contribution in [2.75, 3.05) is 34.3 Å². The van der Waals surface area contributed by atoms with E-state index in [1.807, 2.05) is 14.1 Å². The van der Waals surface area contributed by atoms with E-state index in [1.165, 1.54) is 35.1 Å². The Morgan fingerprint density at radius 2 is 1.91 bits per heavy atom. The summed E-state index contributed by atoms with van der Waals surface area (Å²) in [6.45, 7) is 2.72. The van der Waals surface area contributed by atoms with E-state index in [0.717, 1.165) is 6.54 Å². The first-order valence-electron chi connectivity index (χ1n) is 10.6. The number of hydrogen-bond acceptors (Lipinski definition) is 6. The Bertz CT molecular complexity index is 1120. The second-order valence-electron chi connectivity index (χ2n) is 8.32. The molecule has 0 saturated carbocycles. The molecule has 1 aliphatic rings. The van der Waals surface area contributed by atoms with Crippen molar-refractivity contribution >= 4 is 23.1 Å². The van der Waals surface area contributed by atoms with Crippen molar-refractivity contribution in [3.05, 3.63) is 74.8 Å². The number of nitro benzene ring substituents is 1. The van der Waals surface area contributed by atoms with Crippen molar-refractivity contribution in [1.82, 2.24) is 4.90 Å². The normalized spacial score (nSPS) is 17.6. The number of ketones is 1. The van der Waals surface area contributed by atoms with Gasteiger partial charge in [0.25, 0.3) is 11.6 Å². The van der Waals surface area contributed by atoms with Gasteiger partial charge in [-0.25, -0.2) is 0 Å². The SMILES string of the molecule is COc1ccc(C([O-])=C2C(=O)C(=O)N(CCC[NH+](C)C)C2c2cccc([N+](=O)[O-])c2)c(C)c1. The number of hydrogen-bond donors (Lipinski definition) is 1. The van der Waals surface area contributed by atoms with Gasteiger partial charge in [0.2, 0.25) is 5.78 Å². The number of non-ortho nitro benzene ring substituents is 1. The number of carbonyl (C=O) groups excluding carboxylic acids is 2. The number of nitrogens with one attached hydrogen (secondary N) is 1. The number of likely N-dealkylation sites (tertiary alicyclic amines) is 1. The minimum atomic E-state index is -0.990. The van der Waals surface area contributed by atoms with E-state index in [-0.39, 0.29) is 23.4 Å². The lowest BCUT2D eigenvalue weighted by Crippen LogP contribution is -3.05. The number of ether oxygens (including phenoxy) is 1. The van der Waals surface area contributed by atoms with E-state index >= 15 is 0 Å². The third kappa shape index (κ3) is 4.88. The summed E-state index contributed by atoms with van der Waals surface area (Å²) in [4.78, 5) is 39.3. The molecular formula is C24H27N3O6. The molecule has 1 amide bonds. The van der Waals surface area contributed by atoms with E-state index in [1.54, 1.807) is 31.2 Å². The number of Topliss-reactive ketones (excluding diaryl/α,β-unsaturated/α-hetero) is 1. The van der Waals surface area contributed by atoms with Crippen molar-refractivity contribution in [1.29, 1.82) is 0 Å². The van der Waals surface area contributed by atoms with Crippen LogP contribution in [0.3, 0.4) is 0 Å². The fourth-order valence-electron chi connectivity index (χ4n) is 4.02. The summed E-state index contributed by atoms with van der Waals surface area (Å²) in [5.41, 5.74) is 0.868. The molecule has 1 heterocycles. The Labute approximate surface area is 192 Å². The van der Waals surface area contributed by atoms with Crippen LogP contribution in [-0.2, 0) is 9.59 Å². The Morgan fingerprint density at radius 3 is 2.52 bits per heavy atom. The van der Waals surface area contributed by atoms with Gasteiger partial charge in [-0.2, -0.15) is 0 Å². The number of aryl methyl sites for hydroxylation is 1. The van der Waals surface area contributed by atoms with Gasteiger partial charge in [-0.15, -0.1) is 0 Å². The zero-order valence-corrected chi connectivity index (χ0v) is 19.1. The molecule has 1 unspecified atom stereocenters. The number of carbonyl (C=O) groups is 2. The summed E-state index contributed by atoms with van der Waals surface area (Å²) in [5.74, 6) is -1.64. The van der Waals surface area contributed by atoms with Gasteiger partial charge in [-0.1, -0.05) is 24.0 Å². The van der Waals surface area contributed by atoms with Crippen molar-refractivity contribution in [3.8, 4) is 5.75 Å². The first-order valence-corrected chi connectivity index (χ1v) is 10.6. The first-order chi connectivity index (χ1) is 15.6. The molecule has 0 radical (unpaired) electrons. The lowest BCUT2D eigenvalue weighted by atomic mass is 9.93. The third-order valence-corrected chi connectivity index (χ3v) is 5.68. The average Bonchev–Trinajstić information content (AvgIpc) is 3.03. The van der Waals surface area contributed by atoms with Gasteiger partial charge < -0.3 is 19.6 Å². The van der Waals surface area contributed by atoms with Crippen molar-refractivity contribution in [2.24, 2.45) is 0 Å². The second kappa shape index (κ2) is 9.83.